The third-order valence-electron chi connectivity index (χ3n) is 10.7. The lowest BCUT2D eigenvalue weighted by atomic mass is 10.0. The summed E-state index contributed by atoms with van der Waals surface area (Å²) >= 11 is 0. The number of hydrogen-bond donors (Lipinski definition) is 0. The minimum absolute atomic E-state index is 1.22. The Labute approximate surface area is 293 Å². The Morgan fingerprint density at radius 1 is 0.340 bits per heavy atom. The summed E-state index contributed by atoms with van der Waals surface area (Å²) in [7, 11) is -2.62. The first kappa shape index (κ1) is 28.8. The van der Waals surface area contributed by atoms with Crippen LogP contribution in [0.3, 0.4) is 0 Å². The van der Waals surface area contributed by atoms with E-state index < -0.39 is 8.07 Å². The Balaban J connectivity index is 1.31. The van der Waals surface area contributed by atoms with Gasteiger partial charge < -0.3 is 4.57 Å². The van der Waals surface area contributed by atoms with Gasteiger partial charge in [-0.1, -0.05) is 170 Å². The molecule has 0 amide bonds. The van der Waals surface area contributed by atoms with Crippen molar-refractivity contribution in [2.24, 2.45) is 0 Å². The molecule has 0 bridgehead atoms. The van der Waals surface area contributed by atoms with Gasteiger partial charge in [0.15, 0.2) is 8.07 Å². The normalized spacial score (nSPS) is 13.0. The molecular formula is C48H33NSi. The molecule has 50 heavy (non-hydrogen) atoms. The Bertz CT molecular complexity index is 2540. The highest BCUT2D eigenvalue weighted by Crippen LogP contribution is 2.41. The maximum absolute atomic E-state index is 2.62. The van der Waals surface area contributed by atoms with E-state index in [0.717, 1.165) is 0 Å². The van der Waals surface area contributed by atoms with Crippen LogP contribution in [0.5, 0.6) is 0 Å². The molecule has 1 aliphatic rings. The Kier molecular flexibility index (Phi) is 6.58. The van der Waals surface area contributed by atoms with Crippen molar-refractivity contribution in [1.82, 2.24) is 4.57 Å². The standard InChI is InChI=1S/C48H33NSi/c1-5-16-34(17-6-1)36-28-30-43-41(32-36)42-33-37(35-18-7-2-8-19-35)29-31-44(42)49(43)45-25-15-27-47-48(45)40-24-13-14-26-46(40)50(47,38-20-9-3-10-21-38)39-22-11-4-12-23-39/h1-33H. The molecule has 8 aromatic carbocycles. The number of nitrogens with zero attached hydrogens (tertiary/aromatic N) is 1. The first-order valence-electron chi connectivity index (χ1n) is 17.4. The second-order valence-corrected chi connectivity index (χ2v) is 17.0. The molecule has 0 unspecified atom stereocenters. The summed E-state index contributed by atoms with van der Waals surface area (Å²) in [5.74, 6) is 0. The molecule has 0 aliphatic carbocycles. The van der Waals surface area contributed by atoms with Gasteiger partial charge in [-0.15, -0.1) is 0 Å². The fourth-order valence-electron chi connectivity index (χ4n) is 8.56. The van der Waals surface area contributed by atoms with Crippen molar-refractivity contribution in [2.75, 3.05) is 0 Å². The van der Waals surface area contributed by atoms with E-state index in [4.69, 9.17) is 0 Å². The molecule has 0 atom stereocenters. The number of aromatic nitrogens is 1. The SMILES string of the molecule is c1ccc(-c2ccc3c(c2)c2cc(-c4ccccc4)ccc2n3-c2cccc3c2-c2ccccc2[Si]3(c2ccccc2)c2ccccc2)cc1. The zero-order chi connectivity index (χ0) is 33.1. The summed E-state index contributed by atoms with van der Waals surface area (Å²) in [6, 6.07) is 74.3. The van der Waals surface area contributed by atoms with Crippen LogP contribution in [0.25, 0.3) is 60.9 Å². The fourth-order valence-corrected chi connectivity index (χ4v) is 13.8. The lowest BCUT2D eigenvalue weighted by Gasteiger charge is -2.31. The largest absolute Gasteiger partial charge is 0.309 e. The smallest absolute Gasteiger partial charge is 0.180 e. The minimum Gasteiger partial charge on any atom is -0.309 e. The third kappa shape index (κ3) is 4.19. The van der Waals surface area contributed by atoms with Gasteiger partial charge in [0.1, 0.15) is 0 Å². The minimum atomic E-state index is -2.62. The molecular weight excluding hydrogens is 619 g/mol. The molecule has 2 heteroatoms. The van der Waals surface area contributed by atoms with Crippen LogP contribution in [0.4, 0.5) is 0 Å². The monoisotopic (exact) mass is 651 g/mol. The van der Waals surface area contributed by atoms with E-state index in [-0.39, 0.29) is 0 Å². The average Bonchev–Trinajstić information content (AvgIpc) is 3.69. The van der Waals surface area contributed by atoms with Gasteiger partial charge in [0, 0.05) is 16.3 Å². The van der Waals surface area contributed by atoms with Crippen LogP contribution in [-0.2, 0) is 0 Å². The molecule has 9 aromatic rings. The van der Waals surface area contributed by atoms with Gasteiger partial charge in [0.25, 0.3) is 0 Å². The Morgan fingerprint density at radius 3 is 1.34 bits per heavy atom. The molecule has 0 radical (unpaired) electrons. The molecule has 0 spiro atoms. The molecule has 1 aliphatic heterocycles. The summed E-state index contributed by atoms with van der Waals surface area (Å²) in [5, 5.41) is 8.26. The van der Waals surface area contributed by atoms with Gasteiger partial charge in [-0.05, 0) is 78.9 Å². The van der Waals surface area contributed by atoms with Crippen LogP contribution in [-0.4, -0.2) is 12.6 Å². The molecule has 0 fully saturated rings. The van der Waals surface area contributed by atoms with Gasteiger partial charge >= 0.3 is 0 Å². The van der Waals surface area contributed by atoms with Gasteiger partial charge in [-0.2, -0.15) is 0 Å². The van der Waals surface area contributed by atoms with E-state index in [1.165, 1.54) is 81.6 Å². The van der Waals surface area contributed by atoms with Crippen LogP contribution in [0.1, 0.15) is 0 Å². The van der Waals surface area contributed by atoms with Crippen molar-refractivity contribution in [2.45, 2.75) is 0 Å². The molecule has 0 saturated carbocycles. The van der Waals surface area contributed by atoms with Crippen molar-refractivity contribution in [3.05, 3.63) is 200 Å². The van der Waals surface area contributed by atoms with Gasteiger partial charge in [-0.25, -0.2) is 0 Å². The van der Waals surface area contributed by atoms with Crippen LogP contribution in [0, 0.1) is 0 Å². The van der Waals surface area contributed by atoms with E-state index in [9.17, 15) is 0 Å². The van der Waals surface area contributed by atoms with Crippen molar-refractivity contribution in [1.29, 1.82) is 0 Å². The lowest BCUT2D eigenvalue weighted by Crippen LogP contribution is -2.72. The molecule has 2 heterocycles. The van der Waals surface area contributed by atoms with Gasteiger partial charge in [0.2, 0.25) is 0 Å². The zero-order valence-corrected chi connectivity index (χ0v) is 28.5. The molecule has 0 N–H and O–H groups in total. The van der Waals surface area contributed by atoms with Crippen LogP contribution in [0.2, 0.25) is 0 Å². The number of hydrogen-bond acceptors (Lipinski definition) is 0. The van der Waals surface area contributed by atoms with Crippen LogP contribution in [0.15, 0.2) is 200 Å². The number of rotatable bonds is 5. The molecule has 1 nitrogen and oxygen atoms in total. The van der Waals surface area contributed by atoms with E-state index >= 15 is 0 Å². The van der Waals surface area contributed by atoms with Crippen molar-refractivity contribution >= 4 is 50.6 Å². The summed E-state index contributed by atoms with van der Waals surface area (Å²) in [6.07, 6.45) is 0. The van der Waals surface area contributed by atoms with E-state index in [0.29, 0.717) is 0 Å². The van der Waals surface area contributed by atoms with Crippen molar-refractivity contribution < 1.29 is 0 Å². The Hall–Kier alpha value is -6.22. The first-order valence-corrected chi connectivity index (χ1v) is 19.4. The number of benzene rings is 8. The molecule has 234 valence electrons. The topological polar surface area (TPSA) is 4.93 Å². The fraction of sp³-hybridized carbons (Fsp3) is 0. The van der Waals surface area contributed by atoms with E-state index in [1.54, 1.807) is 0 Å². The van der Waals surface area contributed by atoms with Crippen LogP contribution < -0.4 is 20.7 Å². The van der Waals surface area contributed by atoms with Gasteiger partial charge in [0.05, 0.1) is 16.7 Å². The highest BCUT2D eigenvalue weighted by atomic mass is 28.3. The summed E-state index contributed by atoms with van der Waals surface area (Å²) in [5.41, 5.74) is 11.3. The first-order chi connectivity index (χ1) is 24.8. The highest BCUT2D eigenvalue weighted by Gasteiger charge is 2.49. The van der Waals surface area contributed by atoms with Crippen molar-refractivity contribution in [3.63, 3.8) is 0 Å². The highest BCUT2D eigenvalue weighted by molar-refractivity contribution is 7.22. The average molecular weight is 652 g/mol. The van der Waals surface area contributed by atoms with Crippen molar-refractivity contribution in [3.8, 4) is 39.1 Å². The molecule has 0 saturated heterocycles. The quantitative estimate of drug-likeness (QED) is 0.163. The summed E-state index contributed by atoms with van der Waals surface area (Å²) < 4.78 is 2.53. The summed E-state index contributed by atoms with van der Waals surface area (Å²) in [6.45, 7) is 0. The van der Waals surface area contributed by atoms with E-state index in [1.807, 2.05) is 0 Å². The molecule has 10 rings (SSSR count). The second kappa shape index (κ2) is 11.4. The molecule has 1 aromatic heterocycles. The zero-order valence-electron chi connectivity index (χ0n) is 27.5. The summed E-state index contributed by atoms with van der Waals surface area (Å²) in [4.78, 5) is 0. The second-order valence-electron chi connectivity index (χ2n) is 13.3. The van der Waals surface area contributed by atoms with Crippen LogP contribution >= 0.6 is 0 Å². The van der Waals surface area contributed by atoms with Gasteiger partial charge in [-0.3, -0.25) is 0 Å². The maximum atomic E-state index is 2.53. The lowest BCUT2D eigenvalue weighted by molar-refractivity contribution is 1.19. The third-order valence-corrected chi connectivity index (χ3v) is 15.5. The predicted molar refractivity (Wildman–Crippen MR) is 214 cm³/mol. The maximum Gasteiger partial charge on any atom is 0.180 e. The number of fused-ring (bicyclic) bond motifs is 6. The van der Waals surface area contributed by atoms with E-state index in [2.05, 4.69) is 205 Å². The Morgan fingerprint density at radius 2 is 0.800 bits per heavy atom. The predicted octanol–water partition coefficient (Wildman–Crippen LogP) is 9.48.